The molecule has 4 heterocycles. The number of aliphatic imine (C=N–C) groups is 1. The lowest BCUT2D eigenvalue weighted by Crippen LogP contribution is -2.00. The minimum Gasteiger partial charge on any atom is -0.307 e. The van der Waals surface area contributed by atoms with Crippen LogP contribution in [0.15, 0.2) is 133 Å². The maximum atomic E-state index is 5.17. The van der Waals surface area contributed by atoms with E-state index in [-0.39, 0.29) is 0 Å². The highest BCUT2D eigenvalue weighted by Crippen LogP contribution is 2.49. The molecule has 47 heavy (non-hydrogen) atoms. The summed E-state index contributed by atoms with van der Waals surface area (Å²) < 4.78 is 4.73. The molecule has 0 aliphatic heterocycles. The molecule has 0 unspecified atom stereocenters. The van der Waals surface area contributed by atoms with Crippen LogP contribution in [0, 0.1) is 0 Å². The lowest BCUT2D eigenvalue weighted by atomic mass is 10.0. The van der Waals surface area contributed by atoms with E-state index in [1.54, 1.807) is 11.3 Å². The average Bonchev–Trinajstić information content (AvgIpc) is 3.68. The van der Waals surface area contributed by atoms with Crippen molar-refractivity contribution in [2.24, 2.45) is 4.99 Å². The van der Waals surface area contributed by atoms with Crippen LogP contribution in [0.2, 0.25) is 0 Å². The van der Waals surface area contributed by atoms with Gasteiger partial charge in [0.05, 0.1) is 38.3 Å². The van der Waals surface area contributed by atoms with E-state index in [1.165, 1.54) is 15.5 Å². The van der Waals surface area contributed by atoms with E-state index in [1.807, 2.05) is 43.5 Å². The predicted molar refractivity (Wildman–Crippen MR) is 199 cm³/mol. The average molecular weight is 622 g/mol. The van der Waals surface area contributed by atoms with Crippen LogP contribution in [0.1, 0.15) is 12.6 Å². The topological polar surface area (TPSA) is 56.0 Å². The number of rotatable bonds is 5. The number of hydrogen-bond donors (Lipinski definition) is 0. The molecule has 0 saturated carbocycles. The summed E-state index contributed by atoms with van der Waals surface area (Å²) in [4.78, 5) is 19.8. The first-order valence-corrected chi connectivity index (χ1v) is 16.4. The fourth-order valence-electron chi connectivity index (χ4n) is 6.83. The Balaban J connectivity index is 1.45. The van der Waals surface area contributed by atoms with Crippen molar-refractivity contribution in [2.75, 3.05) is 0 Å². The fourth-order valence-corrected chi connectivity index (χ4v) is 8.05. The Hall–Kier alpha value is -5.98. The van der Waals surface area contributed by atoms with Crippen molar-refractivity contribution in [1.29, 1.82) is 0 Å². The number of nitrogens with zero attached hydrogens (tertiary/aromatic N) is 5. The van der Waals surface area contributed by atoms with E-state index in [0.29, 0.717) is 5.82 Å². The van der Waals surface area contributed by atoms with Crippen molar-refractivity contribution in [3.05, 3.63) is 133 Å². The molecule has 0 fully saturated rings. The third-order valence-electron chi connectivity index (χ3n) is 8.80. The number of benzene rings is 5. The second kappa shape index (κ2) is 10.8. The van der Waals surface area contributed by atoms with Gasteiger partial charge < -0.3 is 4.57 Å². The summed E-state index contributed by atoms with van der Waals surface area (Å²) in [7, 11) is 0. The van der Waals surface area contributed by atoms with E-state index < -0.39 is 0 Å². The number of allylic oxidation sites excluding steroid dienone is 1. The van der Waals surface area contributed by atoms with E-state index in [4.69, 9.17) is 15.0 Å². The van der Waals surface area contributed by atoms with Crippen LogP contribution in [-0.2, 0) is 0 Å². The maximum Gasteiger partial charge on any atom is 0.160 e. The van der Waals surface area contributed by atoms with E-state index in [9.17, 15) is 0 Å². The first-order valence-electron chi connectivity index (χ1n) is 15.5. The molecular formula is C41H27N5S. The van der Waals surface area contributed by atoms with Crippen molar-refractivity contribution in [3.8, 4) is 28.3 Å². The summed E-state index contributed by atoms with van der Waals surface area (Å²) in [6, 6.07) is 39.8. The van der Waals surface area contributed by atoms with Crippen LogP contribution in [0.25, 0.3) is 87.3 Å². The van der Waals surface area contributed by atoms with Gasteiger partial charge in [0.25, 0.3) is 0 Å². The zero-order chi connectivity index (χ0) is 31.5. The summed E-state index contributed by atoms with van der Waals surface area (Å²) in [6.07, 6.45) is 6.07. The third kappa shape index (κ3) is 4.15. The van der Waals surface area contributed by atoms with Crippen molar-refractivity contribution < 1.29 is 0 Å². The van der Waals surface area contributed by atoms with E-state index >= 15 is 0 Å². The largest absolute Gasteiger partial charge is 0.307 e. The van der Waals surface area contributed by atoms with Gasteiger partial charge in [0, 0.05) is 54.6 Å². The van der Waals surface area contributed by atoms with Crippen LogP contribution in [0.5, 0.6) is 0 Å². The molecule has 0 N–H and O–H groups in total. The molecule has 0 aliphatic carbocycles. The van der Waals surface area contributed by atoms with Crippen molar-refractivity contribution in [1.82, 2.24) is 19.5 Å². The molecule has 0 spiro atoms. The van der Waals surface area contributed by atoms with Gasteiger partial charge in [-0.15, -0.1) is 11.3 Å². The fraction of sp³-hybridized carbons (Fsp3) is 0.0244. The van der Waals surface area contributed by atoms with E-state index in [2.05, 4.69) is 113 Å². The molecule has 0 amide bonds. The second-order valence-corrected chi connectivity index (χ2v) is 12.5. The number of aromatic nitrogens is 4. The Morgan fingerprint density at radius 1 is 0.745 bits per heavy atom. The normalized spacial score (nSPS) is 11.9. The molecule has 5 aromatic carbocycles. The molecular weight excluding hydrogens is 595 g/mol. The predicted octanol–water partition coefficient (Wildman–Crippen LogP) is 11.2. The zero-order valence-electron chi connectivity index (χ0n) is 25.6. The summed E-state index contributed by atoms with van der Waals surface area (Å²) in [6.45, 7) is 6.11. The number of fused-ring (bicyclic) bond motifs is 9. The highest BCUT2D eigenvalue weighted by atomic mass is 32.1. The Morgan fingerprint density at radius 3 is 2.28 bits per heavy atom. The van der Waals surface area contributed by atoms with E-state index in [0.717, 1.165) is 71.3 Å². The Labute approximate surface area is 274 Å². The molecule has 0 saturated heterocycles. The minimum absolute atomic E-state index is 0.703. The summed E-state index contributed by atoms with van der Waals surface area (Å²) in [5.74, 6) is 0.703. The van der Waals surface area contributed by atoms with Crippen molar-refractivity contribution in [2.45, 2.75) is 6.92 Å². The molecule has 0 bridgehead atoms. The highest BCUT2D eigenvalue weighted by molar-refractivity contribution is 7.26. The van der Waals surface area contributed by atoms with Gasteiger partial charge in [-0.05, 0) is 50.0 Å². The lowest BCUT2D eigenvalue weighted by molar-refractivity contribution is 1.11. The molecule has 6 heteroatoms. The molecule has 222 valence electrons. The van der Waals surface area contributed by atoms with Gasteiger partial charge in [0.2, 0.25) is 0 Å². The summed E-state index contributed by atoms with van der Waals surface area (Å²) in [5, 5.41) is 5.46. The van der Waals surface area contributed by atoms with Crippen LogP contribution in [0.4, 0.5) is 5.69 Å². The Kier molecular flexibility index (Phi) is 6.30. The summed E-state index contributed by atoms with van der Waals surface area (Å²) in [5.41, 5.74) is 8.68. The van der Waals surface area contributed by atoms with Gasteiger partial charge in [0.15, 0.2) is 5.82 Å². The monoisotopic (exact) mass is 621 g/mol. The van der Waals surface area contributed by atoms with Crippen LogP contribution < -0.4 is 0 Å². The number of hydrogen-bond acceptors (Lipinski definition) is 5. The van der Waals surface area contributed by atoms with Gasteiger partial charge in [-0.25, -0.2) is 9.97 Å². The first kappa shape index (κ1) is 27.3. The molecule has 0 atom stereocenters. The van der Waals surface area contributed by atoms with Gasteiger partial charge in [-0.1, -0.05) is 91.0 Å². The number of thiophene rings is 1. The summed E-state index contributed by atoms with van der Waals surface area (Å²) >= 11 is 1.79. The lowest BCUT2D eigenvalue weighted by Gasteiger charge is -2.14. The standard InChI is InChI=1S/C41H27N5S/c1-3-13-32-38(42-2)34-29-19-12-23-43-37(29)40-35(28-18-10-11-20-33(28)47-40)39(34)46(32)27-21-22-31-30(24-27)36(25-14-6-4-7-15-25)45-41(44-31)26-16-8-5-9-17-26/h3-24H,2H2,1H3/b13-3-. The quantitative estimate of drug-likeness (QED) is 0.180. The second-order valence-electron chi connectivity index (χ2n) is 11.5. The number of pyridine rings is 1. The zero-order valence-corrected chi connectivity index (χ0v) is 26.4. The molecule has 0 aliphatic rings. The van der Waals surface area contributed by atoms with Gasteiger partial charge in [-0.2, -0.15) is 0 Å². The Bertz CT molecular complexity index is 2700. The van der Waals surface area contributed by atoms with Crippen LogP contribution >= 0.6 is 11.3 Å². The molecule has 9 aromatic rings. The van der Waals surface area contributed by atoms with Gasteiger partial charge in [0.1, 0.15) is 0 Å². The molecule has 9 rings (SSSR count). The third-order valence-corrected chi connectivity index (χ3v) is 9.98. The smallest absolute Gasteiger partial charge is 0.160 e. The highest BCUT2D eigenvalue weighted by Gasteiger charge is 2.25. The maximum absolute atomic E-state index is 5.17. The van der Waals surface area contributed by atoms with Crippen molar-refractivity contribution in [3.63, 3.8) is 0 Å². The van der Waals surface area contributed by atoms with Crippen LogP contribution in [-0.4, -0.2) is 26.2 Å². The van der Waals surface area contributed by atoms with Crippen molar-refractivity contribution >= 4 is 82.7 Å². The molecule has 5 nitrogen and oxygen atoms in total. The minimum atomic E-state index is 0.703. The van der Waals surface area contributed by atoms with Gasteiger partial charge >= 0.3 is 0 Å². The molecule has 4 aromatic heterocycles. The van der Waals surface area contributed by atoms with Crippen LogP contribution in [0.3, 0.4) is 0 Å². The first-order chi connectivity index (χ1) is 23.2. The Morgan fingerprint density at radius 2 is 1.49 bits per heavy atom. The SMILES string of the molecule is C=Nc1c(/C=C\C)n(-c2ccc3nc(-c4ccccc4)nc(-c4ccccc4)c3c2)c2c1c1cccnc1c1sc3ccccc3c12. The molecule has 0 radical (unpaired) electrons. The van der Waals surface area contributed by atoms with Gasteiger partial charge in [-0.3, -0.25) is 9.98 Å².